The van der Waals surface area contributed by atoms with Gasteiger partial charge in [0, 0.05) is 17.8 Å². The fraction of sp³-hybridized carbons (Fsp3) is 0.611. The van der Waals surface area contributed by atoms with Gasteiger partial charge in [-0.1, -0.05) is 45.2 Å². The van der Waals surface area contributed by atoms with E-state index >= 15 is 0 Å². The molecule has 0 atom stereocenters. The zero-order chi connectivity index (χ0) is 17.1. The number of phenols is 1. The zero-order valence-electron chi connectivity index (χ0n) is 14.1. The second kappa shape index (κ2) is 12.4. The van der Waals surface area contributed by atoms with Crippen LogP contribution in [0.2, 0.25) is 0 Å². The summed E-state index contributed by atoms with van der Waals surface area (Å²) in [6.45, 7) is 4.31. The number of phenolic OH excluding ortho intramolecular Hbond substituents is 1. The SMILES string of the molecule is CCC(CC)N=Cc1cccc(C2CCCCC2)c1O.[Cl][Ti][Cl]. The minimum atomic E-state index is -0.556. The Bertz CT molecular complexity index is 472. The summed E-state index contributed by atoms with van der Waals surface area (Å²) in [5.41, 5.74) is 2.00. The maximum absolute atomic E-state index is 10.5. The van der Waals surface area contributed by atoms with Crippen LogP contribution in [0.4, 0.5) is 0 Å². The van der Waals surface area contributed by atoms with Crippen LogP contribution in [0.3, 0.4) is 0 Å². The predicted molar refractivity (Wildman–Crippen MR) is 97.6 cm³/mol. The monoisotopic (exact) mass is 391 g/mol. The van der Waals surface area contributed by atoms with E-state index in [9.17, 15) is 5.11 Å². The molecule has 0 aromatic heterocycles. The molecule has 0 heterocycles. The van der Waals surface area contributed by atoms with E-state index in [4.69, 9.17) is 18.6 Å². The van der Waals surface area contributed by atoms with Crippen molar-refractivity contribution in [3.63, 3.8) is 0 Å². The van der Waals surface area contributed by atoms with Crippen LogP contribution in [0.5, 0.6) is 5.75 Å². The van der Waals surface area contributed by atoms with Crippen LogP contribution < -0.4 is 0 Å². The van der Waals surface area contributed by atoms with Gasteiger partial charge in [0.15, 0.2) is 0 Å². The Morgan fingerprint density at radius 1 is 1.22 bits per heavy atom. The van der Waals surface area contributed by atoms with E-state index in [1.165, 1.54) is 32.1 Å². The molecule has 1 aliphatic rings. The van der Waals surface area contributed by atoms with Gasteiger partial charge in [0.05, 0.1) is 0 Å². The third kappa shape index (κ3) is 7.17. The van der Waals surface area contributed by atoms with Crippen LogP contribution in [-0.4, -0.2) is 17.4 Å². The first kappa shape index (κ1) is 21.0. The van der Waals surface area contributed by atoms with E-state index < -0.39 is 17.0 Å². The summed E-state index contributed by atoms with van der Waals surface area (Å²) in [5.74, 6) is 0.986. The van der Waals surface area contributed by atoms with Gasteiger partial charge in [-0.3, -0.25) is 4.99 Å². The van der Waals surface area contributed by atoms with Gasteiger partial charge in [0.25, 0.3) is 0 Å². The molecule has 1 saturated carbocycles. The van der Waals surface area contributed by atoms with Gasteiger partial charge in [-0.25, -0.2) is 0 Å². The van der Waals surface area contributed by atoms with Gasteiger partial charge in [-0.15, -0.1) is 0 Å². The second-order valence-electron chi connectivity index (χ2n) is 5.94. The van der Waals surface area contributed by atoms with Gasteiger partial charge in [0.2, 0.25) is 0 Å². The summed E-state index contributed by atoms with van der Waals surface area (Å²) in [6, 6.07) is 6.47. The molecule has 2 nitrogen and oxygen atoms in total. The Morgan fingerprint density at radius 2 is 1.83 bits per heavy atom. The molecule has 23 heavy (non-hydrogen) atoms. The molecule has 0 amide bonds. The Labute approximate surface area is 157 Å². The number of para-hydroxylation sites is 1. The van der Waals surface area contributed by atoms with Gasteiger partial charge in [-0.2, -0.15) is 0 Å². The molecule has 0 radical (unpaired) electrons. The molecule has 128 valence electrons. The van der Waals surface area contributed by atoms with Crippen LogP contribution in [0.1, 0.15) is 75.8 Å². The molecule has 1 aromatic carbocycles. The minimum absolute atomic E-state index is 0.368. The second-order valence-corrected chi connectivity index (χ2v) is 8.52. The Kier molecular flexibility index (Phi) is 11.3. The van der Waals surface area contributed by atoms with Crippen molar-refractivity contribution in [2.75, 3.05) is 0 Å². The molecular weight excluding hydrogens is 365 g/mol. The van der Waals surface area contributed by atoms with Gasteiger partial charge >= 0.3 is 35.6 Å². The van der Waals surface area contributed by atoms with Gasteiger partial charge in [0.1, 0.15) is 5.75 Å². The van der Waals surface area contributed by atoms with Crippen LogP contribution in [-0.2, 0) is 17.0 Å². The topological polar surface area (TPSA) is 32.6 Å². The number of rotatable bonds is 5. The van der Waals surface area contributed by atoms with E-state index in [0.717, 1.165) is 24.0 Å². The third-order valence-corrected chi connectivity index (χ3v) is 4.51. The third-order valence-electron chi connectivity index (χ3n) is 4.51. The number of halogens is 2. The molecule has 0 unspecified atom stereocenters. The fourth-order valence-electron chi connectivity index (χ4n) is 3.11. The van der Waals surface area contributed by atoms with Crippen molar-refractivity contribution in [3.8, 4) is 5.75 Å². The molecule has 1 fully saturated rings. The summed E-state index contributed by atoms with van der Waals surface area (Å²) < 4.78 is 0. The van der Waals surface area contributed by atoms with Gasteiger partial charge < -0.3 is 5.11 Å². The van der Waals surface area contributed by atoms with Crippen molar-refractivity contribution >= 4 is 24.8 Å². The number of benzene rings is 1. The van der Waals surface area contributed by atoms with Crippen molar-refractivity contribution < 1.29 is 22.1 Å². The first-order chi connectivity index (χ1) is 11.2. The molecule has 0 aliphatic heterocycles. The van der Waals surface area contributed by atoms with Crippen molar-refractivity contribution in [1.82, 2.24) is 0 Å². The molecule has 1 N–H and O–H groups in total. The number of hydrogen-bond acceptors (Lipinski definition) is 2. The van der Waals surface area contributed by atoms with Gasteiger partial charge in [-0.05, 0) is 43.2 Å². The molecule has 0 saturated heterocycles. The Balaban J connectivity index is 0.000000816. The molecule has 0 bridgehead atoms. The van der Waals surface area contributed by atoms with Crippen molar-refractivity contribution in [1.29, 1.82) is 0 Å². The number of aliphatic imine (C=N–C) groups is 1. The maximum atomic E-state index is 10.5. The standard InChI is InChI=1S/C18H27NO.2ClH.Ti/c1-3-16(4-2)19-13-15-11-8-12-17(18(15)20)14-9-6-5-7-10-14;;;/h8,11-14,16,20H,3-7,9-10H2,1-2H3;2*1H;/q;;;+2/p-2. The van der Waals surface area contributed by atoms with Crippen LogP contribution >= 0.6 is 18.6 Å². The van der Waals surface area contributed by atoms with Crippen LogP contribution in [0.25, 0.3) is 0 Å². The average Bonchev–Trinajstić information content (AvgIpc) is 2.58. The fourth-order valence-corrected chi connectivity index (χ4v) is 3.11. The van der Waals surface area contributed by atoms with E-state index in [-0.39, 0.29) is 0 Å². The Hall–Kier alpha value is -0.0157. The van der Waals surface area contributed by atoms with Crippen molar-refractivity contribution in [3.05, 3.63) is 29.3 Å². The van der Waals surface area contributed by atoms with E-state index in [2.05, 4.69) is 31.0 Å². The molecular formula is C18H27Cl2NOTi. The predicted octanol–water partition coefficient (Wildman–Crippen LogP) is 6.42. The summed E-state index contributed by atoms with van der Waals surface area (Å²) in [4.78, 5) is 4.59. The summed E-state index contributed by atoms with van der Waals surface area (Å²) in [5, 5.41) is 10.5. The average molecular weight is 392 g/mol. The summed E-state index contributed by atoms with van der Waals surface area (Å²) >= 11 is -0.556. The molecule has 0 spiro atoms. The molecule has 1 aromatic rings. The first-order valence-corrected chi connectivity index (χ1v) is 12.8. The van der Waals surface area contributed by atoms with Crippen LogP contribution in [0.15, 0.2) is 23.2 Å². The quantitative estimate of drug-likeness (QED) is 0.455. The van der Waals surface area contributed by atoms with E-state index in [1.807, 2.05) is 12.3 Å². The first-order valence-electron chi connectivity index (χ1n) is 8.49. The zero-order valence-corrected chi connectivity index (χ0v) is 17.1. The van der Waals surface area contributed by atoms with Crippen molar-refractivity contribution in [2.24, 2.45) is 4.99 Å². The summed E-state index contributed by atoms with van der Waals surface area (Å²) in [7, 11) is 9.78. The van der Waals surface area contributed by atoms with E-state index in [0.29, 0.717) is 17.7 Å². The molecule has 2 rings (SSSR count). The van der Waals surface area contributed by atoms with E-state index in [1.54, 1.807) is 0 Å². The van der Waals surface area contributed by atoms with Crippen molar-refractivity contribution in [2.45, 2.75) is 70.8 Å². The Morgan fingerprint density at radius 3 is 2.39 bits per heavy atom. The van der Waals surface area contributed by atoms with Crippen LogP contribution in [0, 0.1) is 0 Å². The number of hydrogen-bond donors (Lipinski definition) is 1. The molecule has 1 aliphatic carbocycles. The number of nitrogens with zero attached hydrogens (tertiary/aromatic N) is 1. The number of aromatic hydroxyl groups is 1. The normalized spacial score (nSPS) is 15.5. The summed E-state index contributed by atoms with van der Waals surface area (Å²) in [6.07, 6.45) is 10.3. The molecule has 5 heteroatoms.